The Bertz CT molecular complexity index is 1480. The highest BCUT2D eigenvalue weighted by Crippen LogP contribution is 2.39. The lowest BCUT2D eigenvalue weighted by Crippen LogP contribution is -2.23. The van der Waals surface area contributed by atoms with Crippen LogP contribution in [0.25, 0.3) is 10.9 Å². The van der Waals surface area contributed by atoms with E-state index < -0.39 is 0 Å². The van der Waals surface area contributed by atoms with E-state index in [1.54, 1.807) is 38.6 Å². The number of fused-ring (bicyclic) bond motifs is 1. The lowest BCUT2D eigenvalue weighted by Gasteiger charge is -2.16. The smallest absolute Gasteiger partial charge is 0.282 e. The molecule has 0 fully saturated rings. The summed E-state index contributed by atoms with van der Waals surface area (Å²) in [5.74, 6) is 2.05. The topological polar surface area (TPSA) is 74.9 Å². The Morgan fingerprint density at radius 3 is 2.38 bits per heavy atom. The van der Waals surface area contributed by atoms with Crippen molar-refractivity contribution in [3.05, 3.63) is 91.4 Å². The van der Waals surface area contributed by atoms with E-state index in [-0.39, 0.29) is 11.5 Å². The van der Waals surface area contributed by atoms with E-state index in [0.717, 1.165) is 16.5 Å². The fourth-order valence-electron chi connectivity index (χ4n) is 3.76. The molecule has 0 aliphatic carbocycles. The van der Waals surface area contributed by atoms with Gasteiger partial charge in [0.1, 0.15) is 12.4 Å². The molecule has 1 aromatic heterocycles. The van der Waals surface area contributed by atoms with Crippen LogP contribution < -0.4 is 19.8 Å². The minimum atomic E-state index is -0.236. The summed E-state index contributed by atoms with van der Waals surface area (Å²) in [6, 6.07) is 16.4. The molecule has 3 aromatic carbocycles. The molecule has 37 heavy (non-hydrogen) atoms. The third-order valence-corrected chi connectivity index (χ3v) is 6.73. The Balaban J connectivity index is 1.72. The lowest BCUT2D eigenvalue weighted by atomic mass is 10.1. The van der Waals surface area contributed by atoms with Gasteiger partial charge < -0.3 is 14.2 Å². The maximum absolute atomic E-state index is 13.4. The first-order valence-corrected chi connectivity index (χ1v) is 12.9. The number of hydrogen-bond donors (Lipinski definition) is 0. The van der Waals surface area contributed by atoms with Gasteiger partial charge in [-0.25, -0.2) is 4.98 Å². The van der Waals surface area contributed by atoms with Gasteiger partial charge in [0.15, 0.2) is 11.5 Å². The summed E-state index contributed by atoms with van der Waals surface area (Å²) in [5.41, 5.74) is 2.02. The minimum absolute atomic E-state index is 0.0330. The second kappa shape index (κ2) is 11.8. The molecule has 4 rings (SSSR count). The van der Waals surface area contributed by atoms with Crippen molar-refractivity contribution in [1.82, 2.24) is 9.66 Å². The van der Waals surface area contributed by atoms with E-state index in [4.69, 9.17) is 30.8 Å². The molecule has 0 saturated heterocycles. The average molecular weight is 585 g/mol. The van der Waals surface area contributed by atoms with Crippen molar-refractivity contribution in [1.29, 1.82) is 0 Å². The highest BCUT2D eigenvalue weighted by atomic mass is 79.9. The maximum atomic E-state index is 13.4. The number of benzene rings is 3. The zero-order valence-corrected chi connectivity index (χ0v) is 23.3. The van der Waals surface area contributed by atoms with Crippen LogP contribution in [0.2, 0.25) is 5.02 Å². The van der Waals surface area contributed by atoms with Crippen molar-refractivity contribution < 1.29 is 14.2 Å². The number of rotatable bonds is 9. The molecule has 0 spiro atoms. The number of nitrogens with zero attached hydrogens (tertiary/aromatic N) is 3. The number of methoxy groups -OCH3 is 2. The Morgan fingerprint density at radius 1 is 1.08 bits per heavy atom. The Labute approximate surface area is 228 Å². The number of ether oxygens (including phenoxy) is 3. The van der Waals surface area contributed by atoms with Gasteiger partial charge in [-0.3, -0.25) is 4.79 Å². The summed E-state index contributed by atoms with van der Waals surface area (Å²) in [6.45, 7) is 4.38. The molecule has 192 valence electrons. The van der Waals surface area contributed by atoms with Crippen molar-refractivity contribution >= 4 is 44.6 Å². The largest absolute Gasteiger partial charge is 0.493 e. The molecule has 7 nitrogen and oxygen atoms in total. The summed E-state index contributed by atoms with van der Waals surface area (Å²) >= 11 is 9.41. The third kappa shape index (κ3) is 5.97. The molecule has 0 unspecified atom stereocenters. The van der Waals surface area contributed by atoms with E-state index >= 15 is 0 Å². The van der Waals surface area contributed by atoms with Gasteiger partial charge in [-0.2, -0.15) is 9.78 Å². The van der Waals surface area contributed by atoms with Crippen molar-refractivity contribution in [2.45, 2.75) is 32.8 Å². The molecule has 1 atom stereocenters. The van der Waals surface area contributed by atoms with Crippen molar-refractivity contribution in [2.24, 2.45) is 5.10 Å². The quantitative estimate of drug-likeness (QED) is 0.202. The van der Waals surface area contributed by atoms with Gasteiger partial charge in [0.2, 0.25) is 5.75 Å². The van der Waals surface area contributed by atoms with E-state index in [0.29, 0.717) is 51.2 Å². The molecule has 0 aliphatic rings. The SMILES string of the molecule is CC[C@@H](C)c1nc2ccc(Br)cc2c(=O)n1N=Cc1cc(OC)c(OCc2ccc(Cl)cc2)c(OC)c1. The summed E-state index contributed by atoms with van der Waals surface area (Å²) < 4.78 is 19.4. The molecule has 0 N–H and O–H groups in total. The predicted molar refractivity (Wildman–Crippen MR) is 151 cm³/mol. The molecular weight excluding hydrogens is 558 g/mol. The van der Waals surface area contributed by atoms with Crippen LogP contribution in [0, 0.1) is 0 Å². The van der Waals surface area contributed by atoms with E-state index in [1.165, 1.54) is 4.68 Å². The first-order valence-electron chi connectivity index (χ1n) is 11.7. The zero-order chi connectivity index (χ0) is 26.5. The van der Waals surface area contributed by atoms with Crippen LogP contribution in [0.5, 0.6) is 17.2 Å². The van der Waals surface area contributed by atoms with Crippen LogP contribution in [-0.2, 0) is 6.61 Å². The van der Waals surface area contributed by atoms with Gasteiger partial charge in [-0.05, 0) is 54.4 Å². The van der Waals surface area contributed by atoms with Crippen molar-refractivity contribution in [2.75, 3.05) is 14.2 Å². The first-order chi connectivity index (χ1) is 17.8. The van der Waals surface area contributed by atoms with Gasteiger partial charge in [0.05, 0.1) is 31.3 Å². The van der Waals surface area contributed by atoms with Crippen molar-refractivity contribution in [3.8, 4) is 17.2 Å². The third-order valence-electron chi connectivity index (χ3n) is 5.99. The van der Waals surface area contributed by atoms with E-state index in [9.17, 15) is 4.79 Å². The fourth-order valence-corrected chi connectivity index (χ4v) is 4.24. The summed E-state index contributed by atoms with van der Waals surface area (Å²) in [7, 11) is 3.11. The monoisotopic (exact) mass is 583 g/mol. The molecule has 1 heterocycles. The maximum Gasteiger partial charge on any atom is 0.282 e. The summed E-state index contributed by atoms with van der Waals surface area (Å²) in [5, 5.41) is 5.69. The van der Waals surface area contributed by atoms with Crippen LogP contribution in [0.3, 0.4) is 0 Å². The van der Waals surface area contributed by atoms with Crippen molar-refractivity contribution in [3.63, 3.8) is 0 Å². The molecule has 0 aliphatic heterocycles. The zero-order valence-electron chi connectivity index (χ0n) is 21.0. The molecule has 0 radical (unpaired) electrons. The Hall–Kier alpha value is -3.36. The summed E-state index contributed by atoms with van der Waals surface area (Å²) in [6.07, 6.45) is 2.40. The van der Waals surface area contributed by atoms with Crippen LogP contribution in [0.15, 0.2) is 69.0 Å². The van der Waals surface area contributed by atoms with E-state index in [1.807, 2.05) is 43.3 Å². The van der Waals surface area contributed by atoms with Gasteiger partial charge >= 0.3 is 0 Å². The van der Waals surface area contributed by atoms with Crippen LogP contribution in [-0.4, -0.2) is 30.1 Å². The average Bonchev–Trinajstić information content (AvgIpc) is 2.91. The number of hydrogen-bond acceptors (Lipinski definition) is 6. The minimum Gasteiger partial charge on any atom is -0.493 e. The predicted octanol–water partition coefficient (Wildman–Crippen LogP) is 6.80. The standard InChI is InChI=1S/C28H27BrClN3O4/c1-5-17(2)27-32-23-11-8-20(29)14-22(23)28(34)33(27)31-15-19-12-24(35-3)26(25(13-19)36-4)37-16-18-6-9-21(30)10-7-18/h6-15,17H,5,16H2,1-4H3/t17-/m1/s1. The van der Waals surface area contributed by atoms with Gasteiger partial charge in [0, 0.05) is 21.0 Å². The number of aromatic nitrogens is 2. The number of halogens is 2. The summed E-state index contributed by atoms with van der Waals surface area (Å²) in [4.78, 5) is 18.1. The van der Waals surface area contributed by atoms with Crippen LogP contribution in [0.4, 0.5) is 0 Å². The Morgan fingerprint density at radius 2 is 1.76 bits per heavy atom. The molecular formula is C28H27BrClN3O4. The normalized spacial score (nSPS) is 12.2. The molecule has 0 amide bonds. The highest BCUT2D eigenvalue weighted by Gasteiger charge is 2.17. The second-order valence-electron chi connectivity index (χ2n) is 8.47. The molecule has 9 heteroatoms. The lowest BCUT2D eigenvalue weighted by molar-refractivity contribution is 0.266. The molecule has 0 bridgehead atoms. The first kappa shape index (κ1) is 26.7. The molecule has 4 aromatic rings. The van der Waals surface area contributed by atoms with E-state index in [2.05, 4.69) is 28.0 Å². The van der Waals surface area contributed by atoms with Crippen LogP contribution >= 0.6 is 27.5 Å². The second-order valence-corrected chi connectivity index (χ2v) is 9.82. The van der Waals surface area contributed by atoms with Crippen LogP contribution in [0.1, 0.15) is 43.1 Å². The van der Waals surface area contributed by atoms with Gasteiger partial charge in [-0.1, -0.05) is 53.5 Å². The molecule has 0 saturated carbocycles. The fraction of sp³-hybridized carbons (Fsp3) is 0.250. The highest BCUT2D eigenvalue weighted by molar-refractivity contribution is 9.10. The Kier molecular flexibility index (Phi) is 8.51. The van der Waals surface area contributed by atoms with Gasteiger partial charge in [-0.15, -0.1) is 0 Å². The van der Waals surface area contributed by atoms with Gasteiger partial charge in [0.25, 0.3) is 5.56 Å².